The van der Waals surface area contributed by atoms with Crippen molar-refractivity contribution in [1.29, 1.82) is 0 Å². The highest BCUT2D eigenvalue weighted by atomic mass is 79.9. The average molecular weight is 522 g/mol. The number of thiocarbonyl (C=S) groups is 1. The van der Waals surface area contributed by atoms with Crippen LogP contribution in [0.2, 0.25) is 0 Å². The zero-order valence-corrected chi connectivity index (χ0v) is 19.1. The zero-order chi connectivity index (χ0) is 19.0. The minimum absolute atomic E-state index is 0.0911. The Balaban J connectivity index is 1.71. The summed E-state index contributed by atoms with van der Waals surface area (Å²) in [5.41, 5.74) is 0.561. The van der Waals surface area contributed by atoms with E-state index >= 15 is 0 Å². The SMILES string of the molecule is C[C@@H]1CN(C(=S)S[C@@H]2CC(=O)N(c3ccc(Br)cc3Br)C2=O)C[C@H](C)O1. The van der Waals surface area contributed by atoms with Gasteiger partial charge in [-0.25, -0.2) is 4.90 Å². The van der Waals surface area contributed by atoms with E-state index in [1.54, 1.807) is 6.07 Å². The van der Waals surface area contributed by atoms with Gasteiger partial charge in [0.1, 0.15) is 9.57 Å². The third-order valence-electron chi connectivity index (χ3n) is 4.18. The highest BCUT2D eigenvalue weighted by Gasteiger charge is 2.42. The second-order valence-corrected chi connectivity index (χ2v) is 10.0. The van der Waals surface area contributed by atoms with E-state index in [2.05, 4.69) is 36.8 Å². The first-order valence-electron chi connectivity index (χ1n) is 8.19. The molecule has 0 unspecified atom stereocenters. The van der Waals surface area contributed by atoms with Crippen molar-refractivity contribution in [1.82, 2.24) is 4.90 Å². The summed E-state index contributed by atoms with van der Waals surface area (Å²) in [4.78, 5) is 28.6. The number of hydrogen-bond acceptors (Lipinski definition) is 5. The lowest BCUT2D eigenvalue weighted by Crippen LogP contribution is -2.47. The highest BCUT2D eigenvalue weighted by molar-refractivity contribution is 9.11. The molecule has 3 atom stereocenters. The number of morpholine rings is 1. The van der Waals surface area contributed by atoms with Crippen LogP contribution in [-0.4, -0.2) is 51.6 Å². The number of halogens is 2. The monoisotopic (exact) mass is 520 g/mol. The Hall–Kier alpha value is -0.480. The molecule has 2 aliphatic heterocycles. The smallest absolute Gasteiger partial charge is 0.247 e. The number of benzene rings is 1. The maximum atomic E-state index is 12.8. The summed E-state index contributed by atoms with van der Waals surface area (Å²) in [6.07, 6.45) is 0.337. The molecule has 1 aromatic carbocycles. The lowest BCUT2D eigenvalue weighted by molar-refractivity contribution is -0.121. The van der Waals surface area contributed by atoms with Gasteiger partial charge in [0.25, 0.3) is 0 Å². The van der Waals surface area contributed by atoms with Crippen molar-refractivity contribution in [2.75, 3.05) is 18.0 Å². The Kier molecular flexibility index (Phi) is 6.44. The van der Waals surface area contributed by atoms with Crippen molar-refractivity contribution in [2.45, 2.75) is 37.7 Å². The van der Waals surface area contributed by atoms with E-state index in [1.165, 1.54) is 16.7 Å². The van der Waals surface area contributed by atoms with Crippen molar-refractivity contribution >= 4 is 77.7 Å². The number of carbonyl (C=O) groups excluding carboxylic acids is 2. The van der Waals surface area contributed by atoms with Crippen LogP contribution in [0.25, 0.3) is 0 Å². The fourth-order valence-electron chi connectivity index (χ4n) is 3.14. The fourth-order valence-corrected chi connectivity index (χ4v) is 5.83. The van der Waals surface area contributed by atoms with Crippen molar-refractivity contribution in [3.8, 4) is 0 Å². The Morgan fingerprint density at radius 2 is 1.88 bits per heavy atom. The molecule has 0 N–H and O–H groups in total. The molecular formula is C17H18Br2N2O3S2. The molecule has 3 rings (SSSR count). The minimum atomic E-state index is -0.487. The average Bonchev–Trinajstić information content (AvgIpc) is 2.81. The van der Waals surface area contributed by atoms with Crippen molar-refractivity contribution < 1.29 is 14.3 Å². The number of ether oxygens (including phenoxy) is 1. The Morgan fingerprint density at radius 3 is 2.50 bits per heavy atom. The van der Waals surface area contributed by atoms with Crippen LogP contribution in [-0.2, 0) is 14.3 Å². The predicted molar refractivity (Wildman–Crippen MR) is 115 cm³/mol. The summed E-state index contributed by atoms with van der Waals surface area (Å²) in [6, 6.07) is 5.38. The first-order chi connectivity index (χ1) is 12.3. The third kappa shape index (κ3) is 4.32. The number of rotatable bonds is 2. The summed E-state index contributed by atoms with van der Waals surface area (Å²) in [7, 11) is 0. The maximum absolute atomic E-state index is 12.8. The molecule has 0 bridgehead atoms. The number of carbonyl (C=O) groups is 2. The molecule has 2 aliphatic rings. The molecule has 140 valence electrons. The number of anilines is 1. The van der Waals surface area contributed by atoms with E-state index in [-0.39, 0.29) is 30.4 Å². The van der Waals surface area contributed by atoms with Crippen LogP contribution in [0.1, 0.15) is 20.3 Å². The summed E-state index contributed by atoms with van der Waals surface area (Å²) in [5.74, 6) is -0.429. The van der Waals surface area contributed by atoms with Gasteiger partial charge in [0.05, 0.1) is 17.9 Å². The van der Waals surface area contributed by atoms with Crippen molar-refractivity contribution in [2.24, 2.45) is 0 Å². The fraction of sp³-hybridized carbons (Fsp3) is 0.471. The molecule has 0 saturated carbocycles. The number of thioether (sulfide) groups is 1. The number of nitrogens with zero attached hydrogens (tertiary/aromatic N) is 2. The Morgan fingerprint density at radius 1 is 1.23 bits per heavy atom. The van der Waals surface area contributed by atoms with E-state index in [1.807, 2.05) is 26.0 Å². The van der Waals surface area contributed by atoms with Gasteiger partial charge in [-0.2, -0.15) is 0 Å². The number of hydrogen-bond donors (Lipinski definition) is 0. The maximum Gasteiger partial charge on any atom is 0.247 e. The van der Waals surface area contributed by atoms with Crippen LogP contribution >= 0.6 is 55.8 Å². The first kappa shape index (κ1) is 20.3. The minimum Gasteiger partial charge on any atom is -0.372 e. The molecule has 2 heterocycles. The first-order valence-corrected chi connectivity index (χ1v) is 11.1. The van der Waals surface area contributed by atoms with E-state index in [0.717, 1.165) is 4.47 Å². The van der Waals surface area contributed by atoms with Gasteiger partial charge >= 0.3 is 0 Å². The molecule has 2 amide bonds. The van der Waals surface area contributed by atoms with Crippen molar-refractivity contribution in [3.05, 3.63) is 27.1 Å². The van der Waals surface area contributed by atoms with Gasteiger partial charge in [-0.05, 0) is 48.0 Å². The van der Waals surface area contributed by atoms with Crippen LogP contribution in [0.5, 0.6) is 0 Å². The third-order valence-corrected chi connectivity index (χ3v) is 6.96. The highest BCUT2D eigenvalue weighted by Crippen LogP contribution is 2.36. The predicted octanol–water partition coefficient (Wildman–Crippen LogP) is 3.97. The Labute approximate surface area is 179 Å². The number of imide groups is 1. The van der Waals surface area contributed by atoms with Crippen LogP contribution < -0.4 is 4.90 Å². The van der Waals surface area contributed by atoms with Crippen LogP contribution in [0, 0.1) is 0 Å². The zero-order valence-electron chi connectivity index (χ0n) is 14.3. The summed E-state index contributed by atoms with van der Waals surface area (Å²) >= 11 is 13.7. The van der Waals surface area contributed by atoms with Gasteiger partial charge in [0, 0.05) is 28.5 Å². The lowest BCUT2D eigenvalue weighted by Gasteiger charge is -2.36. The molecule has 0 spiro atoms. The van der Waals surface area contributed by atoms with Crippen LogP contribution in [0.3, 0.4) is 0 Å². The number of amides is 2. The summed E-state index contributed by atoms with van der Waals surface area (Å²) < 4.78 is 7.93. The van der Waals surface area contributed by atoms with E-state index in [4.69, 9.17) is 17.0 Å². The molecule has 2 fully saturated rings. The molecule has 1 aromatic rings. The van der Waals surface area contributed by atoms with Gasteiger partial charge in [0.2, 0.25) is 11.8 Å². The van der Waals surface area contributed by atoms with E-state index in [0.29, 0.717) is 27.6 Å². The molecule has 0 aromatic heterocycles. The van der Waals surface area contributed by atoms with E-state index in [9.17, 15) is 9.59 Å². The van der Waals surface area contributed by atoms with Gasteiger partial charge in [-0.1, -0.05) is 39.9 Å². The normalized spacial score (nSPS) is 26.5. The van der Waals surface area contributed by atoms with Gasteiger partial charge in [0.15, 0.2) is 0 Å². The lowest BCUT2D eigenvalue weighted by atomic mass is 10.2. The molecule has 5 nitrogen and oxygen atoms in total. The largest absolute Gasteiger partial charge is 0.372 e. The summed E-state index contributed by atoms with van der Waals surface area (Å²) in [6.45, 7) is 5.42. The quantitative estimate of drug-likeness (QED) is 0.433. The van der Waals surface area contributed by atoms with Gasteiger partial charge < -0.3 is 9.64 Å². The Bertz CT molecular complexity index is 752. The summed E-state index contributed by atoms with van der Waals surface area (Å²) in [5, 5.41) is -0.487. The van der Waals surface area contributed by atoms with Crippen molar-refractivity contribution in [3.63, 3.8) is 0 Å². The van der Waals surface area contributed by atoms with Gasteiger partial charge in [-0.15, -0.1) is 0 Å². The second-order valence-electron chi connectivity index (χ2n) is 6.40. The van der Waals surface area contributed by atoms with Gasteiger partial charge in [-0.3, -0.25) is 9.59 Å². The molecule has 9 heteroatoms. The van der Waals surface area contributed by atoms with Crippen LogP contribution in [0.15, 0.2) is 27.1 Å². The molecule has 26 heavy (non-hydrogen) atoms. The molecule has 0 radical (unpaired) electrons. The second kappa shape index (κ2) is 8.26. The molecule has 0 aliphatic carbocycles. The topological polar surface area (TPSA) is 49.9 Å². The van der Waals surface area contributed by atoms with Crippen LogP contribution in [0.4, 0.5) is 5.69 Å². The molecule has 2 saturated heterocycles. The molecular weight excluding hydrogens is 504 g/mol. The van der Waals surface area contributed by atoms with E-state index < -0.39 is 5.25 Å². The standard InChI is InChI=1S/C17H18Br2N2O3S2/c1-9-7-20(8-10(2)24-9)17(25)26-14-6-15(22)21(16(14)23)13-4-3-11(18)5-12(13)19/h3-5,9-10,14H,6-8H2,1-2H3/t9-,10+,14-/m1/s1.